The van der Waals surface area contributed by atoms with E-state index >= 15 is 0 Å². The third kappa shape index (κ3) is 2.82. The molecular formula is C13H12N2O5. The smallest absolute Gasteiger partial charge is 0.338 e. The predicted molar refractivity (Wildman–Crippen MR) is 68.3 cm³/mol. The Morgan fingerprint density at radius 1 is 1.10 bits per heavy atom. The van der Waals surface area contributed by atoms with E-state index in [-0.39, 0.29) is 24.3 Å². The summed E-state index contributed by atoms with van der Waals surface area (Å²) < 4.78 is 5.21. The van der Waals surface area contributed by atoms with Crippen LogP contribution in [-0.4, -0.2) is 39.7 Å². The number of ether oxygens (including phenoxy) is 1. The summed E-state index contributed by atoms with van der Waals surface area (Å²) in [5.74, 6) is -1.21. The molecule has 0 aromatic heterocycles. The molecule has 104 valence electrons. The van der Waals surface area contributed by atoms with E-state index in [1.54, 1.807) is 30.3 Å². The highest BCUT2D eigenvalue weighted by molar-refractivity contribution is 6.67. The van der Waals surface area contributed by atoms with Crippen molar-refractivity contribution in [1.82, 2.24) is 0 Å². The minimum Gasteiger partial charge on any atom is -0.458 e. The van der Waals surface area contributed by atoms with Crippen molar-refractivity contribution in [3.8, 4) is 0 Å². The first kappa shape index (κ1) is 13.7. The average molecular weight is 276 g/mol. The van der Waals surface area contributed by atoms with Crippen molar-refractivity contribution >= 4 is 23.2 Å². The number of esters is 1. The summed E-state index contributed by atoms with van der Waals surface area (Å²) in [6, 6.07) is 8.35. The van der Waals surface area contributed by atoms with Crippen LogP contribution in [0.2, 0.25) is 0 Å². The zero-order chi connectivity index (χ0) is 14.5. The van der Waals surface area contributed by atoms with Crippen molar-refractivity contribution in [3.63, 3.8) is 0 Å². The fourth-order valence-electron chi connectivity index (χ4n) is 1.90. The van der Waals surface area contributed by atoms with E-state index in [4.69, 9.17) is 15.2 Å². The highest BCUT2D eigenvalue weighted by Gasteiger charge is 2.33. The van der Waals surface area contributed by atoms with Crippen LogP contribution in [0.25, 0.3) is 0 Å². The third-order valence-corrected chi connectivity index (χ3v) is 2.89. The van der Waals surface area contributed by atoms with E-state index in [9.17, 15) is 9.59 Å². The fraction of sp³-hybridized carbons (Fsp3) is 0.231. The number of carbonyl (C=O) groups is 2. The van der Waals surface area contributed by atoms with Gasteiger partial charge in [0.2, 0.25) is 5.78 Å². The summed E-state index contributed by atoms with van der Waals surface area (Å²) in [5.41, 5.74) is -0.0285. The van der Waals surface area contributed by atoms with Gasteiger partial charge in [-0.2, -0.15) is 0 Å². The summed E-state index contributed by atoms with van der Waals surface area (Å²) in [7, 11) is 0. The van der Waals surface area contributed by atoms with Gasteiger partial charge in [-0.15, -0.1) is 0 Å². The Bertz CT molecular complexity index is 556. The molecule has 0 spiro atoms. The van der Waals surface area contributed by atoms with Crippen LogP contribution in [0, 0.1) is 0 Å². The number of hydrogen-bond donors (Lipinski definition) is 2. The Hall–Kier alpha value is -2.70. The van der Waals surface area contributed by atoms with Gasteiger partial charge in [0, 0.05) is 12.8 Å². The molecule has 1 aliphatic rings. The molecule has 2 rings (SSSR count). The quantitative estimate of drug-likeness (QED) is 0.480. The van der Waals surface area contributed by atoms with Crippen LogP contribution < -0.4 is 0 Å². The van der Waals surface area contributed by atoms with Gasteiger partial charge < -0.3 is 15.2 Å². The van der Waals surface area contributed by atoms with E-state index in [0.717, 1.165) is 0 Å². The van der Waals surface area contributed by atoms with E-state index in [1.807, 2.05) is 0 Å². The second-order valence-corrected chi connectivity index (χ2v) is 4.22. The first-order chi connectivity index (χ1) is 9.65. The maximum absolute atomic E-state index is 11.9. The molecule has 2 N–H and O–H groups in total. The molecule has 0 radical (unpaired) electrons. The third-order valence-electron chi connectivity index (χ3n) is 2.89. The predicted octanol–water partition coefficient (Wildman–Crippen LogP) is 1.24. The highest BCUT2D eigenvalue weighted by Crippen LogP contribution is 2.17. The number of rotatable bonds is 2. The highest BCUT2D eigenvalue weighted by atomic mass is 16.5. The lowest BCUT2D eigenvalue weighted by molar-refractivity contribution is -0.108. The molecule has 1 aromatic rings. The zero-order valence-electron chi connectivity index (χ0n) is 10.4. The Morgan fingerprint density at radius 3 is 2.15 bits per heavy atom. The van der Waals surface area contributed by atoms with Gasteiger partial charge in [0.05, 0.1) is 5.56 Å². The van der Waals surface area contributed by atoms with Crippen LogP contribution >= 0.6 is 0 Å². The molecule has 20 heavy (non-hydrogen) atoms. The molecule has 0 heterocycles. The molecule has 1 aliphatic carbocycles. The lowest BCUT2D eigenvalue weighted by Crippen LogP contribution is -2.38. The first-order valence-corrected chi connectivity index (χ1v) is 5.88. The van der Waals surface area contributed by atoms with E-state index < -0.39 is 17.9 Å². The molecule has 1 fully saturated rings. The molecule has 7 heteroatoms. The van der Waals surface area contributed by atoms with Crippen LogP contribution in [0.4, 0.5) is 0 Å². The first-order valence-electron chi connectivity index (χ1n) is 5.88. The van der Waals surface area contributed by atoms with E-state index in [1.165, 1.54) is 0 Å². The molecule has 0 saturated heterocycles. The van der Waals surface area contributed by atoms with Crippen LogP contribution in [0.3, 0.4) is 0 Å². The molecule has 7 nitrogen and oxygen atoms in total. The summed E-state index contributed by atoms with van der Waals surface area (Å²) in [6.07, 6.45) is -0.753. The van der Waals surface area contributed by atoms with E-state index in [0.29, 0.717) is 5.56 Å². The Morgan fingerprint density at radius 2 is 1.65 bits per heavy atom. The maximum atomic E-state index is 11.9. The van der Waals surface area contributed by atoms with Crippen LogP contribution in [0.5, 0.6) is 0 Å². The van der Waals surface area contributed by atoms with Gasteiger partial charge in [0.25, 0.3) is 0 Å². The lowest BCUT2D eigenvalue weighted by atomic mass is 9.92. The molecule has 1 saturated carbocycles. The van der Waals surface area contributed by atoms with Gasteiger partial charge in [0.1, 0.15) is 17.5 Å². The molecule has 0 aliphatic heterocycles. The Labute approximate surface area is 114 Å². The minimum atomic E-state index is -0.711. The molecule has 1 aromatic carbocycles. The summed E-state index contributed by atoms with van der Waals surface area (Å²) in [6.45, 7) is 0. The van der Waals surface area contributed by atoms with Gasteiger partial charge in [-0.05, 0) is 12.1 Å². The molecule has 0 bridgehead atoms. The molecular weight excluding hydrogens is 264 g/mol. The lowest BCUT2D eigenvalue weighted by Gasteiger charge is -2.22. The summed E-state index contributed by atoms with van der Waals surface area (Å²) in [4.78, 5) is 23.4. The van der Waals surface area contributed by atoms with Gasteiger partial charge in [-0.25, -0.2) is 4.79 Å². The topological polar surface area (TPSA) is 109 Å². The van der Waals surface area contributed by atoms with Crippen molar-refractivity contribution in [2.24, 2.45) is 10.3 Å². The number of carbonyl (C=O) groups excluding carboxylic acids is 2. The van der Waals surface area contributed by atoms with E-state index in [2.05, 4.69) is 10.3 Å². The van der Waals surface area contributed by atoms with Crippen molar-refractivity contribution in [2.45, 2.75) is 18.9 Å². The molecule has 0 unspecified atom stereocenters. The number of Topliss-reactive ketones (excluding diaryl/α,β-unsaturated/α-hetero) is 1. The second-order valence-electron chi connectivity index (χ2n) is 4.22. The molecule has 0 amide bonds. The standard InChI is InChI=1S/C13H12N2O5/c16-12-10(14-18)6-9(7-11(12)15-19)20-13(17)8-4-2-1-3-5-8/h1-5,9,18-19H,6-7H2/b14-10-,15-11-. The van der Waals surface area contributed by atoms with Crippen molar-refractivity contribution < 1.29 is 24.7 Å². The van der Waals surface area contributed by atoms with Gasteiger partial charge in [0.15, 0.2) is 0 Å². The monoisotopic (exact) mass is 276 g/mol. The second kappa shape index (κ2) is 5.96. The largest absolute Gasteiger partial charge is 0.458 e. The minimum absolute atomic E-state index is 0.0209. The van der Waals surface area contributed by atoms with Gasteiger partial charge >= 0.3 is 5.97 Å². The number of ketones is 1. The van der Waals surface area contributed by atoms with Gasteiger partial charge in [-0.3, -0.25) is 4.79 Å². The number of hydrogen-bond acceptors (Lipinski definition) is 7. The number of nitrogens with zero attached hydrogens (tertiary/aromatic N) is 2. The normalized spacial score (nSPS) is 23.0. The maximum Gasteiger partial charge on any atom is 0.338 e. The van der Waals surface area contributed by atoms with Crippen LogP contribution in [0.15, 0.2) is 40.6 Å². The SMILES string of the molecule is O=C1/C(=N\O)CC(OC(=O)c2ccccc2)C/C1=N/O. The van der Waals surface area contributed by atoms with Crippen LogP contribution in [-0.2, 0) is 9.53 Å². The Balaban J connectivity index is 2.10. The van der Waals surface area contributed by atoms with Crippen molar-refractivity contribution in [3.05, 3.63) is 35.9 Å². The zero-order valence-corrected chi connectivity index (χ0v) is 10.4. The Kier molecular flexibility index (Phi) is 4.09. The average Bonchev–Trinajstić information content (AvgIpc) is 2.49. The fourth-order valence-corrected chi connectivity index (χ4v) is 1.90. The number of oxime groups is 2. The summed E-state index contributed by atoms with van der Waals surface area (Å²) >= 11 is 0. The number of benzene rings is 1. The summed E-state index contributed by atoms with van der Waals surface area (Å²) in [5, 5.41) is 23.1. The molecule has 0 atom stereocenters. The van der Waals surface area contributed by atoms with Crippen molar-refractivity contribution in [1.29, 1.82) is 0 Å². The van der Waals surface area contributed by atoms with Gasteiger partial charge in [-0.1, -0.05) is 28.5 Å². The van der Waals surface area contributed by atoms with Crippen LogP contribution in [0.1, 0.15) is 23.2 Å². The van der Waals surface area contributed by atoms with Crippen molar-refractivity contribution in [2.75, 3.05) is 0 Å².